The number of hydrogen-bond donors (Lipinski definition) is 1. The summed E-state index contributed by atoms with van der Waals surface area (Å²) in [7, 11) is 0. The fraction of sp³-hybridized carbons (Fsp3) is 0.150. The van der Waals surface area contributed by atoms with E-state index in [1.807, 2.05) is 60.7 Å². The zero-order chi connectivity index (χ0) is 17.2. The van der Waals surface area contributed by atoms with E-state index in [0.29, 0.717) is 5.57 Å². The molecule has 2 N–H and O–H groups in total. The number of nitrogens with zero attached hydrogens (tertiary/aromatic N) is 3. The molecule has 2 atom stereocenters. The van der Waals surface area contributed by atoms with Gasteiger partial charge in [0.05, 0.1) is 29.5 Å². The Labute approximate surface area is 140 Å². The van der Waals surface area contributed by atoms with Crippen LogP contribution < -0.4 is 5.73 Å². The Morgan fingerprint density at radius 3 is 1.75 bits per heavy atom. The molecule has 1 aliphatic carbocycles. The Bertz CT molecular complexity index is 894. The molecule has 0 aliphatic heterocycles. The van der Waals surface area contributed by atoms with Crippen molar-refractivity contribution < 1.29 is 0 Å². The molecule has 0 aromatic heterocycles. The molecule has 0 saturated carbocycles. The zero-order valence-electron chi connectivity index (χ0n) is 12.8. The van der Waals surface area contributed by atoms with E-state index >= 15 is 0 Å². The predicted octanol–water partition coefficient (Wildman–Crippen LogP) is 3.34. The first kappa shape index (κ1) is 15.3. The van der Waals surface area contributed by atoms with Gasteiger partial charge in [-0.3, -0.25) is 0 Å². The number of rotatable bonds is 2. The van der Waals surface area contributed by atoms with Gasteiger partial charge < -0.3 is 5.73 Å². The van der Waals surface area contributed by atoms with Crippen molar-refractivity contribution in [2.24, 2.45) is 11.1 Å². The average Bonchev–Trinajstić information content (AvgIpc) is 2.91. The van der Waals surface area contributed by atoms with Gasteiger partial charge in [0.15, 0.2) is 5.41 Å². The molecule has 0 heterocycles. The van der Waals surface area contributed by atoms with Gasteiger partial charge >= 0.3 is 0 Å². The summed E-state index contributed by atoms with van der Waals surface area (Å²) in [6.07, 6.45) is 0. The Morgan fingerprint density at radius 2 is 1.29 bits per heavy atom. The van der Waals surface area contributed by atoms with E-state index in [2.05, 4.69) is 18.2 Å². The van der Waals surface area contributed by atoms with Crippen molar-refractivity contribution in [1.29, 1.82) is 15.8 Å². The van der Waals surface area contributed by atoms with Crippen LogP contribution in [-0.4, -0.2) is 0 Å². The molecule has 0 radical (unpaired) electrons. The summed E-state index contributed by atoms with van der Waals surface area (Å²) in [6.45, 7) is 0. The molecule has 4 heteroatoms. The van der Waals surface area contributed by atoms with Gasteiger partial charge in [-0.15, -0.1) is 0 Å². The molecule has 1 aliphatic rings. The molecule has 3 rings (SSSR count). The van der Waals surface area contributed by atoms with Crippen LogP contribution >= 0.6 is 0 Å². The van der Waals surface area contributed by atoms with E-state index in [-0.39, 0.29) is 5.70 Å². The molecule has 2 aromatic carbocycles. The fourth-order valence-electron chi connectivity index (χ4n) is 3.50. The van der Waals surface area contributed by atoms with Crippen molar-refractivity contribution in [1.82, 2.24) is 0 Å². The smallest absolute Gasteiger partial charge is 0.191 e. The number of benzene rings is 2. The number of nitriles is 3. The molecular weight excluding hydrogens is 296 g/mol. The lowest BCUT2D eigenvalue weighted by Crippen LogP contribution is -2.29. The van der Waals surface area contributed by atoms with Crippen molar-refractivity contribution >= 4 is 0 Å². The topological polar surface area (TPSA) is 97.4 Å². The summed E-state index contributed by atoms with van der Waals surface area (Å²) in [5.41, 5.74) is 6.68. The van der Waals surface area contributed by atoms with Gasteiger partial charge in [-0.2, -0.15) is 15.8 Å². The SMILES string of the molecule is N#CC1=C(N)C(C#N)(C#N)[C@@H](c2ccccc2)[C@@H]1c1ccccc1. The normalized spacial score (nSPS) is 21.5. The first-order valence-corrected chi connectivity index (χ1v) is 7.52. The standard InChI is InChI=1S/C20H14N4/c21-11-16-17(14-7-3-1-4-8-14)18(15-9-5-2-6-10-15)20(12-22,13-23)19(16)24/h1-10,17-18H,24H2/t17-,18+/m1/s1. The summed E-state index contributed by atoms with van der Waals surface area (Å²) < 4.78 is 0. The number of nitrogens with two attached hydrogens (primary N) is 1. The first-order valence-electron chi connectivity index (χ1n) is 7.52. The number of allylic oxidation sites excluding steroid dienone is 2. The van der Waals surface area contributed by atoms with Crippen molar-refractivity contribution in [2.45, 2.75) is 11.8 Å². The van der Waals surface area contributed by atoms with Gasteiger partial charge in [0.1, 0.15) is 0 Å². The molecule has 0 spiro atoms. The molecule has 0 fully saturated rings. The van der Waals surface area contributed by atoms with E-state index in [1.54, 1.807) is 0 Å². The monoisotopic (exact) mass is 310 g/mol. The van der Waals surface area contributed by atoms with Crippen molar-refractivity contribution in [3.63, 3.8) is 0 Å². The van der Waals surface area contributed by atoms with Crippen LogP contribution in [0.5, 0.6) is 0 Å². The van der Waals surface area contributed by atoms with Crippen molar-refractivity contribution in [3.8, 4) is 18.2 Å². The molecule has 2 aromatic rings. The van der Waals surface area contributed by atoms with E-state index < -0.39 is 17.3 Å². The van der Waals surface area contributed by atoms with Crippen LogP contribution in [0, 0.1) is 39.4 Å². The van der Waals surface area contributed by atoms with Crippen LogP contribution in [0.1, 0.15) is 23.0 Å². The highest BCUT2D eigenvalue weighted by atomic mass is 14.7. The van der Waals surface area contributed by atoms with Crippen LogP contribution in [0.3, 0.4) is 0 Å². The van der Waals surface area contributed by atoms with E-state index in [1.165, 1.54) is 0 Å². The molecule has 24 heavy (non-hydrogen) atoms. The molecule has 0 amide bonds. The largest absolute Gasteiger partial charge is 0.399 e. The second-order valence-corrected chi connectivity index (χ2v) is 5.75. The fourth-order valence-corrected chi connectivity index (χ4v) is 3.50. The third kappa shape index (κ3) is 2.04. The maximum Gasteiger partial charge on any atom is 0.191 e. The second-order valence-electron chi connectivity index (χ2n) is 5.75. The molecule has 0 saturated heterocycles. The summed E-state index contributed by atoms with van der Waals surface area (Å²) in [6, 6.07) is 25.1. The highest BCUT2D eigenvalue weighted by Gasteiger charge is 2.55. The van der Waals surface area contributed by atoms with E-state index in [0.717, 1.165) is 11.1 Å². The Balaban J connectivity index is 2.31. The minimum atomic E-state index is -1.55. The van der Waals surface area contributed by atoms with Crippen LogP contribution in [0.25, 0.3) is 0 Å². The van der Waals surface area contributed by atoms with Crippen LogP contribution in [0.4, 0.5) is 0 Å². The van der Waals surface area contributed by atoms with E-state index in [9.17, 15) is 15.8 Å². The van der Waals surface area contributed by atoms with Crippen LogP contribution in [0.15, 0.2) is 71.9 Å². The van der Waals surface area contributed by atoms with Crippen molar-refractivity contribution in [2.75, 3.05) is 0 Å². The summed E-state index contributed by atoms with van der Waals surface area (Å²) in [4.78, 5) is 0. The molecule has 0 unspecified atom stereocenters. The van der Waals surface area contributed by atoms with Gasteiger partial charge in [-0.1, -0.05) is 60.7 Å². The highest BCUT2D eigenvalue weighted by molar-refractivity contribution is 5.58. The Hall–Kier alpha value is -3.55. The number of hydrogen-bond acceptors (Lipinski definition) is 4. The summed E-state index contributed by atoms with van der Waals surface area (Å²) in [5, 5.41) is 29.3. The van der Waals surface area contributed by atoms with Gasteiger partial charge in [0.25, 0.3) is 0 Å². The Morgan fingerprint density at radius 1 is 0.792 bits per heavy atom. The maximum absolute atomic E-state index is 9.80. The Kier molecular flexibility index (Phi) is 3.78. The average molecular weight is 310 g/mol. The van der Waals surface area contributed by atoms with Crippen LogP contribution in [0.2, 0.25) is 0 Å². The molecule has 4 nitrogen and oxygen atoms in total. The van der Waals surface area contributed by atoms with Gasteiger partial charge in [0.2, 0.25) is 0 Å². The minimum Gasteiger partial charge on any atom is -0.399 e. The lowest BCUT2D eigenvalue weighted by Gasteiger charge is -2.28. The maximum atomic E-state index is 9.80. The predicted molar refractivity (Wildman–Crippen MR) is 88.9 cm³/mol. The lowest BCUT2D eigenvalue weighted by molar-refractivity contribution is 0.475. The zero-order valence-corrected chi connectivity index (χ0v) is 12.8. The molecule has 0 bridgehead atoms. The van der Waals surface area contributed by atoms with Gasteiger partial charge in [-0.25, -0.2) is 0 Å². The second kappa shape index (κ2) is 5.92. The van der Waals surface area contributed by atoms with Gasteiger partial charge in [-0.05, 0) is 11.1 Å². The van der Waals surface area contributed by atoms with E-state index in [4.69, 9.17) is 5.73 Å². The molecular formula is C20H14N4. The minimum absolute atomic E-state index is 0.0673. The first-order chi connectivity index (χ1) is 11.7. The molecule has 114 valence electrons. The third-order valence-corrected chi connectivity index (χ3v) is 4.62. The quantitative estimate of drug-likeness (QED) is 0.919. The lowest BCUT2D eigenvalue weighted by atomic mass is 9.70. The van der Waals surface area contributed by atoms with Crippen LogP contribution in [-0.2, 0) is 0 Å². The third-order valence-electron chi connectivity index (χ3n) is 4.62. The van der Waals surface area contributed by atoms with Crippen molar-refractivity contribution in [3.05, 3.63) is 83.1 Å². The summed E-state index contributed by atoms with van der Waals surface area (Å²) in [5.74, 6) is -0.941. The summed E-state index contributed by atoms with van der Waals surface area (Å²) >= 11 is 0. The highest BCUT2D eigenvalue weighted by Crippen LogP contribution is 2.57. The van der Waals surface area contributed by atoms with Gasteiger partial charge in [0, 0.05) is 11.8 Å².